The van der Waals surface area contributed by atoms with Crippen molar-refractivity contribution in [3.05, 3.63) is 11.7 Å². The lowest BCUT2D eigenvalue weighted by Gasteiger charge is -2.21. The van der Waals surface area contributed by atoms with Crippen molar-refractivity contribution in [3.8, 4) is 0 Å². The summed E-state index contributed by atoms with van der Waals surface area (Å²) in [6, 6.07) is 0. The number of hydrogen-bond donors (Lipinski definition) is 1. The zero-order valence-electron chi connectivity index (χ0n) is 10.8. The summed E-state index contributed by atoms with van der Waals surface area (Å²) in [5.41, 5.74) is 5.75. The summed E-state index contributed by atoms with van der Waals surface area (Å²) >= 11 is 0. The van der Waals surface area contributed by atoms with Gasteiger partial charge in [-0.1, -0.05) is 19.0 Å². The molecule has 1 aromatic rings. The van der Waals surface area contributed by atoms with Crippen molar-refractivity contribution >= 4 is 0 Å². The number of aromatic nitrogens is 2. The van der Waals surface area contributed by atoms with Crippen molar-refractivity contribution < 1.29 is 9.26 Å². The van der Waals surface area contributed by atoms with E-state index in [-0.39, 0.29) is 12.2 Å². The molecule has 0 spiro atoms. The Morgan fingerprint density at radius 2 is 2.06 bits per heavy atom. The maximum absolute atomic E-state index is 6.23. The summed E-state index contributed by atoms with van der Waals surface area (Å²) in [5, 5.41) is 4.01. The number of rotatable bonds is 4. The van der Waals surface area contributed by atoms with Gasteiger partial charge in [-0.3, -0.25) is 0 Å². The van der Waals surface area contributed by atoms with Gasteiger partial charge in [0, 0.05) is 0 Å². The average molecular weight is 239 g/mol. The summed E-state index contributed by atoms with van der Waals surface area (Å²) in [6.45, 7) is 6.13. The summed E-state index contributed by atoms with van der Waals surface area (Å²) in [7, 11) is 0. The van der Waals surface area contributed by atoms with Gasteiger partial charge in [-0.05, 0) is 32.6 Å². The lowest BCUT2D eigenvalue weighted by Crippen LogP contribution is -2.36. The molecule has 17 heavy (non-hydrogen) atoms. The highest BCUT2D eigenvalue weighted by atomic mass is 16.5. The molecule has 5 heteroatoms. The third-order valence-electron chi connectivity index (χ3n) is 3.66. The molecular weight excluding hydrogens is 218 g/mol. The fourth-order valence-electron chi connectivity index (χ4n) is 2.12. The quantitative estimate of drug-likeness (QED) is 0.872. The van der Waals surface area contributed by atoms with E-state index < -0.39 is 5.54 Å². The average Bonchev–Trinajstić information content (AvgIpc) is 2.96. The molecule has 0 aliphatic carbocycles. The molecule has 0 radical (unpaired) electrons. The predicted octanol–water partition coefficient (Wildman–Crippen LogP) is 2.28. The largest absolute Gasteiger partial charge is 0.365 e. The SMILES string of the molecule is CCC(N)(CC)c1noc(C2CCC(C)O2)n1. The van der Waals surface area contributed by atoms with E-state index in [1.165, 1.54) is 0 Å². The highest BCUT2D eigenvalue weighted by molar-refractivity contribution is 5.04. The Kier molecular flexibility index (Phi) is 3.49. The van der Waals surface area contributed by atoms with E-state index in [9.17, 15) is 0 Å². The van der Waals surface area contributed by atoms with Crippen LogP contribution in [0.1, 0.15) is 64.3 Å². The van der Waals surface area contributed by atoms with Crippen LogP contribution in [0.3, 0.4) is 0 Å². The van der Waals surface area contributed by atoms with E-state index in [4.69, 9.17) is 15.0 Å². The number of ether oxygens (including phenoxy) is 1. The monoisotopic (exact) mass is 239 g/mol. The molecule has 1 aliphatic heterocycles. The Balaban J connectivity index is 2.15. The minimum absolute atomic E-state index is 0.0517. The van der Waals surface area contributed by atoms with Crippen LogP contribution in [0.5, 0.6) is 0 Å². The molecule has 0 bridgehead atoms. The van der Waals surface area contributed by atoms with E-state index >= 15 is 0 Å². The van der Waals surface area contributed by atoms with E-state index in [2.05, 4.69) is 17.1 Å². The fourth-order valence-corrected chi connectivity index (χ4v) is 2.12. The molecule has 0 aromatic carbocycles. The van der Waals surface area contributed by atoms with Crippen LogP contribution in [0.2, 0.25) is 0 Å². The minimum atomic E-state index is -0.480. The first-order valence-corrected chi connectivity index (χ1v) is 6.37. The Hall–Kier alpha value is -0.940. The van der Waals surface area contributed by atoms with Crippen LogP contribution in [0.4, 0.5) is 0 Å². The van der Waals surface area contributed by atoms with Crippen molar-refractivity contribution in [2.75, 3.05) is 0 Å². The van der Waals surface area contributed by atoms with Crippen LogP contribution in [-0.4, -0.2) is 16.2 Å². The van der Waals surface area contributed by atoms with Crippen LogP contribution in [-0.2, 0) is 10.3 Å². The van der Waals surface area contributed by atoms with Crippen LogP contribution in [0.25, 0.3) is 0 Å². The Labute approximate surface area is 102 Å². The van der Waals surface area contributed by atoms with Crippen molar-refractivity contribution in [2.45, 2.75) is 64.2 Å². The molecule has 5 nitrogen and oxygen atoms in total. The zero-order chi connectivity index (χ0) is 12.5. The van der Waals surface area contributed by atoms with Gasteiger partial charge in [0.15, 0.2) is 5.82 Å². The Morgan fingerprint density at radius 3 is 2.59 bits per heavy atom. The summed E-state index contributed by atoms with van der Waals surface area (Å²) in [5.74, 6) is 1.17. The highest BCUT2D eigenvalue weighted by Gasteiger charge is 2.33. The van der Waals surface area contributed by atoms with Crippen LogP contribution >= 0.6 is 0 Å². The molecule has 1 aromatic heterocycles. The Morgan fingerprint density at radius 1 is 1.35 bits per heavy atom. The topological polar surface area (TPSA) is 74.2 Å². The second-order valence-electron chi connectivity index (χ2n) is 4.83. The normalized spacial score (nSPS) is 25.4. The van der Waals surface area contributed by atoms with Gasteiger partial charge in [0.25, 0.3) is 5.89 Å². The van der Waals surface area contributed by atoms with E-state index in [0.717, 1.165) is 25.7 Å². The second kappa shape index (κ2) is 4.74. The third kappa shape index (κ3) is 2.35. The summed E-state index contributed by atoms with van der Waals surface area (Å²) < 4.78 is 11.0. The summed E-state index contributed by atoms with van der Waals surface area (Å²) in [6.07, 6.45) is 3.80. The molecular formula is C12H21N3O2. The molecule has 2 rings (SSSR count). The van der Waals surface area contributed by atoms with Gasteiger partial charge >= 0.3 is 0 Å². The minimum Gasteiger partial charge on any atom is -0.365 e. The van der Waals surface area contributed by atoms with Gasteiger partial charge in [-0.2, -0.15) is 4.98 Å². The van der Waals surface area contributed by atoms with E-state index in [1.54, 1.807) is 0 Å². The third-order valence-corrected chi connectivity index (χ3v) is 3.66. The number of nitrogens with two attached hydrogens (primary N) is 1. The molecule has 2 heterocycles. The lowest BCUT2D eigenvalue weighted by atomic mass is 9.93. The van der Waals surface area contributed by atoms with E-state index in [0.29, 0.717) is 11.7 Å². The van der Waals surface area contributed by atoms with Crippen LogP contribution in [0.15, 0.2) is 4.52 Å². The lowest BCUT2D eigenvalue weighted by molar-refractivity contribution is 0.0355. The van der Waals surface area contributed by atoms with Crippen LogP contribution < -0.4 is 5.73 Å². The molecule has 2 unspecified atom stereocenters. The molecule has 0 amide bonds. The van der Waals surface area contributed by atoms with Crippen LogP contribution in [0, 0.1) is 0 Å². The van der Waals surface area contributed by atoms with Gasteiger partial charge in [0.2, 0.25) is 0 Å². The first kappa shape index (κ1) is 12.5. The van der Waals surface area contributed by atoms with Gasteiger partial charge in [0.05, 0.1) is 11.6 Å². The van der Waals surface area contributed by atoms with Crippen molar-refractivity contribution in [1.82, 2.24) is 10.1 Å². The predicted molar refractivity (Wildman–Crippen MR) is 63.3 cm³/mol. The number of nitrogens with zero attached hydrogens (tertiary/aromatic N) is 2. The Bertz CT molecular complexity index is 374. The summed E-state index contributed by atoms with van der Waals surface area (Å²) in [4.78, 5) is 4.41. The highest BCUT2D eigenvalue weighted by Crippen LogP contribution is 2.32. The maximum Gasteiger partial charge on any atom is 0.255 e. The van der Waals surface area contributed by atoms with Crippen molar-refractivity contribution in [3.63, 3.8) is 0 Å². The first-order valence-electron chi connectivity index (χ1n) is 6.37. The smallest absolute Gasteiger partial charge is 0.255 e. The van der Waals surface area contributed by atoms with Gasteiger partial charge in [-0.25, -0.2) is 0 Å². The molecule has 2 atom stereocenters. The fraction of sp³-hybridized carbons (Fsp3) is 0.833. The molecule has 0 saturated carbocycles. The molecule has 96 valence electrons. The number of hydrogen-bond acceptors (Lipinski definition) is 5. The first-order chi connectivity index (χ1) is 8.09. The maximum atomic E-state index is 6.23. The second-order valence-corrected chi connectivity index (χ2v) is 4.83. The zero-order valence-corrected chi connectivity index (χ0v) is 10.8. The van der Waals surface area contributed by atoms with Gasteiger partial charge < -0.3 is 15.0 Å². The van der Waals surface area contributed by atoms with Gasteiger partial charge in [0.1, 0.15) is 6.10 Å². The van der Waals surface area contributed by atoms with E-state index in [1.807, 2.05) is 13.8 Å². The standard InChI is InChI=1S/C12H21N3O2/c1-4-12(13,5-2)11-14-10(17-15-11)9-7-6-8(3)16-9/h8-9H,4-7,13H2,1-3H3. The van der Waals surface area contributed by atoms with Crippen molar-refractivity contribution in [2.24, 2.45) is 5.73 Å². The molecule has 1 aliphatic rings. The molecule has 2 N–H and O–H groups in total. The van der Waals surface area contributed by atoms with Crippen molar-refractivity contribution in [1.29, 1.82) is 0 Å². The molecule has 1 saturated heterocycles. The van der Waals surface area contributed by atoms with Gasteiger partial charge in [-0.15, -0.1) is 0 Å². The molecule has 1 fully saturated rings.